The van der Waals surface area contributed by atoms with Gasteiger partial charge in [-0.05, 0) is 48.7 Å². The van der Waals surface area contributed by atoms with E-state index in [2.05, 4.69) is 43.1 Å². The van der Waals surface area contributed by atoms with Crippen LogP contribution in [0, 0.1) is 22.3 Å². The lowest BCUT2D eigenvalue weighted by atomic mass is 10.2. The third-order valence-corrected chi connectivity index (χ3v) is 1.32. The van der Waals surface area contributed by atoms with Gasteiger partial charge >= 0.3 is 0 Å². The van der Waals surface area contributed by atoms with E-state index in [1.165, 1.54) is 0 Å². The van der Waals surface area contributed by atoms with E-state index in [0.717, 1.165) is 13.2 Å². The number of nitrogens with zero attached hydrogens (tertiary/aromatic N) is 1. The number of nitroso groups, excluding NO2 is 1. The molecular formula is C12H30N2O2. The maximum absolute atomic E-state index is 7.50. The average Bonchev–Trinajstić information content (AvgIpc) is 2.19. The van der Waals surface area contributed by atoms with Crippen LogP contribution in [-0.2, 0) is 4.74 Å². The Kier molecular flexibility index (Phi) is 18.0. The van der Waals surface area contributed by atoms with E-state index in [-0.39, 0.29) is 8.45 Å². The van der Waals surface area contributed by atoms with Gasteiger partial charge in [0, 0.05) is 9.40 Å². The summed E-state index contributed by atoms with van der Waals surface area (Å²) < 4.78 is 5.50. The van der Waals surface area contributed by atoms with Gasteiger partial charge in [-0.25, -0.2) is 0 Å². The molecule has 4 heteroatoms. The lowest BCUT2D eigenvalue weighted by Crippen LogP contribution is -2.25. The van der Waals surface area contributed by atoms with E-state index >= 15 is 0 Å². The average molecular weight is 234 g/mol. The largest absolute Gasteiger partial charge is 0.375 e. The fraction of sp³-hybridized carbons (Fsp3) is 0.833. The molecule has 0 aliphatic heterocycles. The third-order valence-electron chi connectivity index (χ3n) is 1.32. The first-order chi connectivity index (χ1) is 7.33. The number of nitrogens with one attached hydrogen (secondary N) is 1. The molecule has 0 saturated heterocycles. The predicted molar refractivity (Wildman–Crippen MR) is 73.7 cm³/mol. The summed E-state index contributed by atoms with van der Waals surface area (Å²) >= 11 is 0. The van der Waals surface area contributed by atoms with Crippen molar-refractivity contribution in [3.05, 3.63) is 4.91 Å². The second kappa shape index (κ2) is 14.1. The van der Waals surface area contributed by atoms with Gasteiger partial charge in [0.15, 0.2) is 0 Å². The van der Waals surface area contributed by atoms with Gasteiger partial charge in [0.1, 0.15) is 0 Å². The molecule has 0 unspecified atom stereocenters. The Balaban J connectivity index is -0.0000000607. The number of ether oxygens (including phenoxy) is 1. The summed E-state index contributed by atoms with van der Waals surface area (Å²) in [6.07, 6.45) is 0. The van der Waals surface area contributed by atoms with Crippen molar-refractivity contribution in [3.8, 4) is 11.8 Å². The minimum Gasteiger partial charge on any atom is -0.375 e. The zero-order valence-electron chi connectivity index (χ0n) is 11.7. The zero-order valence-corrected chi connectivity index (χ0v) is 11.7. The highest BCUT2D eigenvalue weighted by Crippen LogP contribution is 2.05. The highest BCUT2D eigenvalue weighted by Gasteiger charge is 2.08. The molecular weight excluding hydrogens is 204 g/mol. The van der Waals surface area contributed by atoms with Crippen LogP contribution in [0.25, 0.3) is 0 Å². The van der Waals surface area contributed by atoms with Crippen molar-refractivity contribution < 1.29 is 7.59 Å². The SMILES string of the molecule is CC#CC.CN(C)CCOC(C)(C)C.N=O.[HH].[HH]. The van der Waals surface area contributed by atoms with E-state index < -0.39 is 0 Å². The molecule has 0 bridgehead atoms. The first-order valence-electron chi connectivity index (χ1n) is 5.16. The smallest absolute Gasteiger partial charge is 0.0600 e. The molecule has 0 spiro atoms. The molecule has 0 rings (SSSR count). The van der Waals surface area contributed by atoms with Crippen molar-refractivity contribution in [1.29, 1.82) is 5.59 Å². The number of hydrogen-bond acceptors (Lipinski definition) is 4. The maximum atomic E-state index is 7.50. The van der Waals surface area contributed by atoms with Gasteiger partial charge in [0.05, 0.1) is 12.2 Å². The molecule has 0 fully saturated rings. The van der Waals surface area contributed by atoms with E-state index in [1.54, 1.807) is 0 Å². The lowest BCUT2D eigenvalue weighted by molar-refractivity contribution is -0.00870. The second-order valence-electron chi connectivity index (χ2n) is 4.26. The quantitative estimate of drug-likeness (QED) is 0.602. The third kappa shape index (κ3) is 38.1. The standard InChI is InChI=1S/C8H19NO.C4H6.HNO.2H2/c1-8(2,3)10-7-6-9(4)5;1-3-4-2;1-2;;/h6-7H2,1-5H3;1-2H3;1H;2*1H. The highest BCUT2D eigenvalue weighted by atomic mass is 16.5. The summed E-state index contributed by atoms with van der Waals surface area (Å²) in [6, 6.07) is 0. The molecule has 0 amide bonds. The van der Waals surface area contributed by atoms with Gasteiger partial charge in [-0.1, -0.05) is 5.59 Å². The summed E-state index contributed by atoms with van der Waals surface area (Å²) in [6.45, 7) is 11.7. The molecule has 0 aromatic carbocycles. The fourth-order valence-corrected chi connectivity index (χ4v) is 0.534. The Morgan fingerprint density at radius 2 is 1.56 bits per heavy atom. The monoisotopic (exact) mass is 234 g/mol. The molecule has 0 aliphatic rings. The summed E-state index contributed by atoms with van der Waals surface area (Å²) in [5.74, 6) is 5.36. The normalized spacial score (nSPS) is 9.00. The molecule has 16 heavy (non-hydrogen) atoms. The Hall–Kier alpha value is -0.920. The minimum atomic E-state index is 0. The molecule has 0 aromatic rings. The van der Waals surface area contributed by atoms with Crippen LogP contribution in [0.5, 0.6) is 0 Å². The Morgan fingerprint density at radius 1 is 1.19 bits per heavy atom. The molecule has 0 saturated carbocycles. The summed E-state index contributed by atoms with van der Waals surface area (Å²) in [7, 11) is 4.10. The van der Waals surface area contributed by atoms with Crippen LogP contribution in [0.3, 0.4) is 0 Å². The zero-order chi connectivity index (χ0) is 13.6. The number of rotatable bonds is 3. The van der Waals surface area contributed by atoms with Crippen LogP contribution >= 0.6 is 0 Å². The van der Waals surface area contributed by atoms with Gasteiger partial charge in [-0.3, -0.25) is 0 Å². The number of hydrogen-bond donors (Lipinski definition) is 1. The molecule has 0 aliphatic carbocycles. The van der Waals surface area contributed by atoms with E-state index in [0.29, 0.717) is 0 Å². The van der Waals surface area contributed by atoms with Crippen molar-refractivity contribution in [2.45, 2.75) is 40.2 Å². The van der Waals surface area contributed by atoms with Gasteiger partial charge in [0.25, 0.3) is 0 Å². The van der Waals surface area contributed by atoms with Crippen LogP contribution in [-0.4, -0.2) is 37.7 Å². The fourth-order valence-electron chi connectivity index (χ4n) is 0.534. The lowest BCUT2D eigenvalue weighted by Gasteiger charge is -2.20. The van der Waals surface area contributed by atoms with Gasteiger partial charge < -0.3 is 9.64 Å². The maximum Gasteiger partial charge on any atom is 0.0600 e. The number of likely N-dealkylation sites (N-methyl/N-ethyl adjacent to an activating group) is 1. The van der Waals surface area contributed by atoms with E-state index in [1.807, 2.05) is 27.9 Å². The summed E-state index contributed by atoms with van der Waals surface area (Å²) in [5.41, 5.74) is 4.51. The van der Waals surface area contributed by atoms with Crippen LogP contribution in [0.1, 0.15) is 37.5 Å². The van der Waals surface area contributed by atoms with Crippen LogP contribution in [0.4, 0.5) is 0 Å². The molecule has 0 heterocycles. The Morgan fingerprint density at radius 3 is 1.75 bits per heavy atom. The Labute approximate surface area is 103 Å². The predicted octanol–water partition coefficient (Wildman–Crippen LogP) is 3.22. The topological polar surface area (TPSA) is 53.4 Å². The highest BCUT2D eigenvalue weighted by molar-refractivity contribution is 4.89. The van der Waals surface area contributed by atoms with Crippen LogP contribution in [0.15, 0.2) is 0 Å². The van der Waals surface area contributed by atoms with Gasteiger partial charge in [0.2, 0.25) is 0 Å². The van der Waals surface area contributed by atoms with Crippen molar-refractivity contribution in [1.82, 2.24) is 4.90 Å². The van der Waals surface area contributed by atoms with E-state index in [4.69, 9.17) is 9.64 Å². The van der Waals surface area contributed by atoms with Crippen molar-refractivity contribution in [2.24, 2.45) is 0 Å². The molecule has 100 valence electrons. The molecule has 1 N–H and O–H groups in total. The summed E-state index contributed by atoms with van der Waals surface area (Å²) in [5, 5.41) is 0. The molecule has 0 aromatic heterocycles. The summed E-state index contributed by atoms with van der Waals surface area (Å²) in [4.78, 5) is 9.62. The molecule has 0 atom stereocenters. The molecule has 0 radical (unpaired) electrons. The van der Waals surface area contributed by atoms with E-state index in [9.17, 15) is 0 Å². The minimum absolute atomic E-state index is 0. The van der Waals surface area contributed by atoms with Crippen LogP contribution in [0.2, 0.25) is 0 Å². The van der Waals surface area contributed by atoms with Gasteiger partial charge in [-0.15, -0.1) is 11.8 Å². The first kappa shape index (κ1) is 20.5. The Bertz CT molecular complexity index is 190. The van der Waals surface area contributed by atoms with Crippen molar-refractivity contribution >= 4 is 0 Å². The second-order valence-corrected chi connectivity index (χ2v) is 4.26. The van der Waals surface area contributed by atoms with Crippen LogP contribution < -0.4 is 0 Å². The van der Waals surface area contributed by atoms with Crippen molar-refractivity contribution in [3.63, 3.8) is 0 Å². The van der Waals surface area contributed by atoms with Gasteiger partial charge in [-0.2, -0.15) is 4.91 Å². The molecule has 4 nitrogen and oxygen atoms in total. The first-order valence-corrected chi connectivity index (χ1v) is 5.16. The van der Waals surface area contributed by atoms with Crippen molar-refractivity contribution in [2.75, 3.05) is 27.2 Å².